The highest BCUT2D eigenvalue weighted by atomic mass is 32.2. The van der Waals surface area contributed by atoms with Gasteiger partial charge in [-0.1, -0.05) is 37.3 Å². The van der Waals surface area contributed by atoms with E-state index in [-0.39, 0.29) is 29.1 Å². The maximum absolute atomic E-state index is 12.4. The van der Waals surface area contributed by atoms with Crippen LogP contribution in [0.2, 0.25) is 0 Å². The Labute approximate surface area is 164 Å². The normalized spacial score (nSPS) is 12.6. The van der Waals surface area contributed by atoms with Gasteiger partial charge in [0.2, 0.25) is 10.0 Å². The van der Waals surface area contributed by atoms with E-state index in [1.165, 1.54) is 12.3 Å². The zero-order valence-corrected chi connectivity index (χ0v) is 16.5. The first-order valence-electron chi connectivity index (χ1n) is 8.94. The molecule has 1 atom stereocenters. The third-order valence-electron chi connectivity index (χ3n) is 4.23. The molecule has 1 unspecified atom stereocenters. The zero-order chi connectivity index (χ0) is 20.1. The van der Waals surface area contributed by atoms with E-state index in [1.54, 1.807) is 13.1 Å². The molecule has 3 N–H and O–H groups in total. The van der Waals surface area contributed by atoms with E-state index in [1.807, 2.05) is 48.1 Å². The average Bonchev–Trinajstić information content (AvgIpc) is 3.32. The SMILES string of the molecule is CCNS(=O)(=O)c1c[nH]c(C(=O)NC(C)c2cnn(Cc3ccccc3)c2)c1. The molecule has 1 aromatic carbocycles. The monoisotopic (exact) mass is 401 g/mol. The summed E-state index contributed by atoms with van der Waals surface area (Å²) < 4.78 is 28.2. The second-order valence-electron chi connectivity index (χ2n) is 6.40. The van der Waals surface area contributed by atoms with Crippen molar-refractivity contribution in [3.05, 3.63) is 71.8 Å². The largest absolute Gasteiger partial charge is 0.356 e. The standard InChI is InChI=1S/C19H23N5O3S/c1-3-22-28(26,27)17-9-18(20-11-17)19(25)23-14(2)16-10-21-24(13-16)12-15-7-5-4-6-8-15/h4-11,13-14,20,22H,3,12H2,1-2H3,(H,23,25). The number of sulfonamides is 1. The van der Waals surface area contributed by atoms with E-state index in [9.17, 15) is 13.2 Å². The number of carbonyl (C=O) groups excluding carboxylic acids is 1. The first-order valence-corrected chi connectivity index (χ1v) is 10.4. The fourth-order valence-corrected chi connectivity index (χ4v) is 3.79. The third kappa shape index (κ3) is 4.68. The van der Waals surface area contributed by atoms with Crippen LogP contribution in [-0.2, 0) is 16.6 Å². The minimum absolute atomic E-state index is 0.0304. The van der Waals surface area contributed by atoms with Crippen LogP contribution in [0, 0.1) is 0 Å². The molecule has 0 fully saturated rings. The Morgan fingerprint density at radius 3 is 2.75 bits per heavy atom. The first-order chi connectivity index (χ1) is 13.4. The molecule has 0 aliphatic heterocycles. The van der Waals surface area contributed by atoms with E-state index in [4.69, 9.17) is 0 Å². The van der Waals surface area contributed by atoms with Crippen molar-refractivity contribution in [1.29, 1.82) is 0 Å². The van der Waals surface area contributed by atoms with Crippen molar-refractivity contribution >= 4 is 15.9 Å². The highest BCUT2D eigenvalue weighted by molar-refractivity contribution is 7.89. The number of rotatable bonds is 8. The molecule has 28 heavy (non-hydrogen) atoms. The minimum Gasteiger partial charge on any atom is -0.356 e. The molecule has 0 radical (unpaired) electrons. The molecule has 0 saturated heterocycles. The van der Waals surface area contributed by atoms with Crippen LogP contribution in [0.5, 0.6) is 0 Å². The second-order valence-corrected chi connectivity index (χ2v) is 8.17. The molecule has 0 bridgehead atoms. The number of nitrogens with zero attached hydrogens (tertiary/aromatic N) is 2. The number of hydrogen-bond donors (Lipinski definition) is 3. The average molecular weight is 401 g/mol. The summed E-state index contributed by atoms with van der Waals surface area (Å²) in [6, 6.07) is 11.0. The van der Waals surface area contributed by atoms with Gasteiger partial charge in [0, 0.05) is 24.5 Å². The summed E-state index contributed by atoms with van der Waals surface area (Å²) in [5, 5.41) is 7.19. The van der Waals surface area contributed by atoms with Crippen LogP contribution in [0.25, 0.3) is 0 Å². The van der Waals surface area contributed by atoms with Crippen molar-refractivity contribution in [2.45, 2.75) is 31.3 Å². The number of benzene rings is 1. The van der Waals surface area contributed by atoms with Gasteiger partial charge in [0.25, 0.3) is 5.91 Å². The summed E-state index contributed by atoms with van der Waals surface area (Å²) in [6.45, 7) is 4.46. The highest BCUT2D eigenvalue weighted by Gasteiger charge is 2.19. The molecule has 1 amide bonds. The number of amides is 1. The molecule has 0 aliphatic rings. The highest BCUT2D eigenvalue weighted by Crippen LogP contribution is 2.15. The van der Waals surface area contributed by atoms with Gasteiger partial charge in [-0.15, -0.1) is 0 Å². The van der Waals surface area contributed by atoms with E-state index < -0.39 is 10.0 Å². The van der Waals surface area contributed by atoms with Crippen LogP contribution in [-0.4, -0.2) is 35.6 Å². The van der Waals surface area contributed by atoms with Crippen molar-refractivity contribution in [1.82, 2.24) is 24.8 Å². The number of carbonyl (C=O) groups is 1. The Balaban J connectivity index is 1.64. The van der Waals surface area contributed by atoms with Crippen LogP contribution in [0.1, 0.15) is 41.5 Å². The van der Waals surface area contributed by atoms with Gasteiger partial charge in [0.15, 0.2) is 0 Å². The number of nitrogens with one attached hydrogen (secondary N) is 3. The predicted molar refractivity (Wildman–Crippen MR) is 105 cm³/mol. The Kier molecular flexibility index (Phi) is 5.96. The molecule has 9 heteroatoms. The summed E-state index contributed by atoms with van der Waals surface area (Å²) in [5.41, 5.74) is 2.17. The van der Waals surface area contributed by atoms with Gasteiger partial charge >= 0.3 is 0 Å². The molecular weight excluding hydrogens is 378 g/mol. The smallest absolute Gasteiger partial charge is 0.268 e. The number of aromatic amines is 1. The molecule has 3 aromatic rings. The van der Waals surface area contributed by atoms with E-state index in [0.29, 0.717) is 6.54 Å². The van der Waals surface area contributed by atoms with Crippen molar-refractivity contribution in [2.75, 3.05) is 6.54 Å². The van der Waals surface area contributed by atoms with Crippen LogP contribution >= 0.6 is 0 Å². The van der Waals surface area contributed by atoms with Crippen LogP contribution in [0.4, 0.5) is 0 Å². The Morgan fingerprint density at radius 1 is 1.29 bits per heavy atom. The third-order valence-corrected chi connectivity index (χ3v) is 5.76. The van der Waals surface area contributed by atoms with Gasteiger partial charge in [-0.25, -0.2) is 13.1 Å². The summed E-state index contributed by atoms with van der Waals surface area (Å²) in [7, 11) is -3.60. The van der Waals surface area contributed by atoms with Gasteiger partial charge in [-0.05, 0) is 18.6 Å². The fourth-order valence-electron chi connectivity index (χ4n) is 2.75. The summed E-state index contributed by atoms with van der Waals surface area (Å²) in [5.74, 6) is -0.388. The number of hydrogen-bond acceptors (Lipinski definition) is 4. The molecule has 0 spiro atoms. The van der Waals surface area contributed by atoms with Gasteiger partial charge < -0.3 is 10.3 Å². The van der Waals surface area contributed by atoms with Gasteiger partial charge in [-0.3, -0.25) is 9.48 Å². The lowest BCUT2D eigenvalue weighted by Crippen LogP contribution is -2.26. The van der Waals surface area contributed by atoms with E-state index in [2.05, 4.69) is 20.1 Å². The van der Waals surface area contributed by atoms with Crippen LogP contribution in [0.15, 0.2) is 59.9 Å². The van der Waals surface area contributed by atoms with Crippen LogP contribution in [0.3, 0.4) is 0 Å². The van der Waals surface area contributed by atoms with Crippen molar-refractivity contribution < 1.29 is 13.2 Å². The molecule has 2 heterocycles. The molecular formula is C19H23N5O3S. The van der Waals surface area contributed by atoms with Crippen molar-refractivity contribution in [2.24, 2.45) is 0 Å². The molecule has 2 aromatic heterocycles. The lowest BCUT2D eigenvalue weighted by Gasteiger charge is -2.11. The maximum Gasteiger partial charge on any atom is 0.268 e. The summed E-state index contributed by atoms with van der Waals surface area (Å²) >= 11 is 0. The lowest BCUT2D eigenvalue weighted by molar-refractivity contribution is 0.0935. The summed E-state index contributed by atoms with van der Waals surface area (Å²) in [6.07, 6.45) is 4.90. The van der Waals surface area contributed by atoms with Gasteiger partial charge in [-0.2, -0.15) is 5.10 Å². The van der Waals surface area contributed by atoms with Crippen molar-refractivity contribution in [3.63, 3.8) is 0 Å². The Hall–Kier alpha value is -2.91. The van der Waals surface area contributed by atoms with E-state index >= 15 is 0 Å². The summed E-state index contributed by atoms with van der Waals surface area (Å²) in [4.78, 5) is 15.2. The number of aromatic nitrogens is 3. The van der Waals surface area contributed by atoms with E-state index in [0.717, 1.165) is 11.1 Å². The quantitative estimate of drug-likeness (QED) is 0.537. The molecule has 8 nitrogen and oxygen atoms in total. The van der Waals surface area contributed by atoms with Crippen LogP contribution < -0.4 is 10.0 Å². The molecule has 148 valence electrons. The Bertz CT molecular complexity index is 1040. The molecule has 3 rings (SSSR count). The Morgan fingerprint density at radius 2 is 2.04 bits per heavy atom. The topological polar surface area (TPSA) is 109 Å². The second kappa shape index (κ2) is 8.41. The minimum atomic E-state index is -3.60. The van der Waals surface area contributed by atoms with Gasteiger partial charge in [0.1, 0.15) is 10.6 Å². The van der Waals surface area contributed by atoms with Crippen molar-refractivity contribution in [3.8, 4) is 0 Å². The molecule has 0 aliphatic carbocycles. The molecule has 0 saturated carbocycles. The first kappa shape index (κ1) is 19.8. The zero-order valence-electron chi connectivity index (χ0n) is 15.7. The number of H-pyrrole nitrogens is 1. The maximum atomic E-state index is 12.4. The van der Waals surface area contributed by atoms with Gasteiger partial charge in [0.05, 0.1) is 18.8 Å². The fraction of sp³-hybridized carbons (Fsp3) is 0.263. The lowest BCUT2D eigenvalue weighted by atomic mass is 10.2. The predicted octanol–water partition coefficient (Wildman–Crippen LogP) is 2.05.